The van der Waals surface area contributed by atoms with Crippen molar-refractivity contribution >= 4 is 5.97 Å². The summed E-state index contributed by atoms with van der Waals surface area (Å²) in [6.07, 6.45) is 0.908. The summed E-state index contributed by atoms with van der Waals surface area (Å²) in [6.45, 7) is 1.87. The van der Waals surface area contributed by atoms with Crippen LogP contribution < -0.4 is 5.32 Å². The van der Waals surface area contributed by atoms with Crippen LogP contribution >= 0.6 is 0 Å². The van der Waals surface area contributed by atoms with Crippen molar-refractivity contribution < 1.29 is 14.3 Å². The topological polar surface area (TPSA) is 47.6 Å². The van der Waals surface area contributed by atoms with E-state index >= 15 is 0 Å². The fourth-order valence-electron chi connectivity index (χ4n) is 2.23. The van der Waals surface area contributed by atoms with Crippen LogP contribution in [0.1, 0.15) is 17.2 Å². The number of carbonyl (C=O) groups is 1. The Morgan fingerprint density at radius 2 is 2.18 bits per heavy atom. The van der Waals surface area contributed by atoms with Crippen LogP contribution in [0.25, 0.3) is 0 Å². The summed E-state index contributed by atoms with van der Waals surface area (Å²) in [5.74, 6) is -0.189. The van der Waals surface area contributed by atoms with Crippen molar-refractivity contribution in [1.29, 1.82) is 0 Å². The molecule has 1 N–H and O–H groups in total. The summed E-state index contributed by atoms with van der Waals surface area (Å²) in [5, 5.41) is 3.21. The van der Waals surface area contributed by atoms with Gasteiger partial charge in [-0.3, -0.25) is 0 Å². The lowest BCUT2D eigenvalue weighted by Gasteiger charge is -2.30. The molecule has 3 rings (SSSR count). The number of rotatable bonds is 2. The van der Waals surface area contributed by atoms with Gasteiger partial charge in [0.1, 0.15) is 12.1 Å². The minimum atomic E-state index is -0.319. The first-order valence-electron chi connectivity index (χ1n) is 5.94. The smallest absolute Gasteiger partial charge is 0.328 e. The van der Waals surface area contributed by atoms with Crippen LogP contribution in [0, 0.1) is 0 Å². The average Bonchev–Trinajstić information content (AvgIpc) is 2.33. The maximum Gasteiger partial charge on any atom is 0.328 e. The maximum absolute atomic E-state index is 12.0. The first-order chi connectivity index (χ1) is 8.34. The summed E-state index contributed by atoms with van der Waals surface area (Å²) in [5.41, 5.74) is 2.28. The highest BCUT2D eigenvalue weighted by atomic mass is 16.6. The Labute approximate surface area is 99.9 Å². The van der Waals surface area contributed by atoms with Gasteiger partial charge in [0, 0.05) is 6.54 Å². The van der Waals surface area contributed by atoms with E-state index in [2.05, 4.69) is 11.4 Å². The largest absolute Gasteiger partial charge is 0.456 e. The van der Waals surface area contributed by atoms with Crippen molar-refractivity contribution in [2.24, 2.45) is 0 Å². The molecule has 1 saturated heterocycles. The Balaban J connectivity index is 1.77. The first-order valence-corrected chi connectivity index (χ1v) is 5.94. The van der Waals surface area contributed by atoms with E-state index in [9.17, 15) is 4.79 Å². The van der Waals surface area contributed by atoms with Gasteiger partial charge in [-0.25, -0.2) is 4.79 Å². The maximum atomic E-state index is 12.0. The zero-order chi connectivity index (χ0) is 11.7. The van der Waals surface area contributed by atoms with Crippen LogP contribution in [-0.2, 0) is 20.7 Å². The average molecular weight is 233 g/mol. The molecule has 1 aromatic rings. The number of hydrogen-bond acceptors (Lipinski definition) is 4. The van der Waals surface area contributed by atoms with Crippen LogP contribution in [0.15, 0.2) is 24.3 Å². The van der Waals surface area contributed by atoms with Crippen LogP contribution in [0.3, 0.4) is 0 Å². The molecular formula is C13H15NO3. The molecule has 0 bridgehead atoms. The zero-order valence-electron chi connectivity index (χ0n) is 9.52. The van der Waals surface area contributed by atoms with E-state index in [-0.39, 0.29) is 18.1 Å². The number of hydrogen-bond donors (Lipinski definition) is 1. The second-order valence-corrected chi connectivity index (χ2v) is 4.43. The summed E-state index contributed by atoms with van der Waals surface area (Å²) >= 11 is 0. The van der Waals surface area contributed by atoms with E-state index in [4.69, 9.17) is 9.47 Å². The van der Waals surface area contributed by atoms with Crippen LogP contribution in [0.5, 0.6) is 0 Å². The lowest BCUT2D eigenvalue weighted by molar-refractivity contribution is -0.174. The lowest BCUT2D eigenvalue weighted by atomic mass is 9.94. The normalized spacial score (nSPS) is 23.6. The number of nitrogens with one attached hydrogen (secondary N) is 1. The number of fused-ring (bicyclic) bond motifs is 1. The fraction of sp³-hybridized carbons (Fsp3) is 0.462. The van der Waals surface area contributed by atoms with Gasteiger partial charge < -0.3 is 14.8 Å². The van der Waals surface area contributed by atoms with E-state index < -0.39 is 0 Å². The highest BCUT2D eigenvalue weighted by Crippen LogP contribution is 2.24. The number of ether oxygens (including phenoxy) is 2. The summed E-state index contributed by atoms with van der Waals surface area (Å²) in [7, 11) is 0. The van der Waals surface area contributed by atoms with Gasteiger partial charge in [0.25, 0.3) is 0 Å². The van der Waals surface area contributed by atoms with Gasteiger partial charge in [0.15, 0.2) is 0 Å². The summed E-state index contributed by atoms with van der Waals surface area (Å²) in [4.78, 5) is 12.0. The molecule has 90 valence electrons. The molecular weight excluding hydrogens is 218 g/mol. The minimum absolute atomic E-state index is 0.0570. The minimum Gasteiger partial charge on any atom is -0.456 e. The highest BCUT2D eigenvalue weighted by Gasteiger charge is 2.31. The third kappa shape index (κ3) is 2.06. The SMILES string of the molecule is O=C(OC1COC1)C1NCCc2ccccc21. The molecule has 0 aromatic heterocycles. The molecule has 2 heterocycles. The molecule has 1 aromatic carbocycles. The van der Waals surface area contributed by atoms with Gasteiger partial charge in [-0.1, -0.05) is 24.3 Å². The summed E-state index contributed by atoms with van der Waals surface area (Å²) in [6, 6.07) is 7.71. The van der Waals surface area contributed by atoms with Gasteiger partial charge in [-0.15, -0.1) is 0 Å². The van der Waals surface area contributed by atoms with E-state index in [0.717, 1.165) is 18.5 Å². The summed E-state index contributed by atoms with van der Waals surface area (Å²) < 4.78 is 10.4. The predicted octanol–water partition coefficient (Wildman–Crippen LogP) is 0.815. The van der Waals surface area contributed by atoms with Gasteiger partial charge in [0.2, 0.25) is 0 Å². The highest BCUT2D eigenvalue weighted by molar-refractivity contribution is 5.78. The second kappa shape index (κ2) is 4.47. The van der Waals surface area contributed by atoms with Crippen molar-refractivity contribution in [2.75, 3.05) is 19.8 Å². The van der Waals surface area contributed by atoms with Gasteiger partial charge in [-0.05, 0) is 17.5 Å². The fourth-order valence-corrected chi connectivity index (χ4v) is 2.23. The number of carbonyl (C=O) groups excluding carboxylic acids is 1. The standard InChI is InChI=1S/C13H15NO3/c15-13(17-10-7-16-8-10)12-11-4-2-1-3-9(11)5-6-14-12/h1-4,10,12,14H,5-8H2. The van der Waals surface area contributed by atoms with E-state index in [1.165, 1.54) is 5.56 Å². The molecule has 0 spiro atoms. The van der Waals surface area contributed by atoms with Crippen molar-refractivity contribution in [1.82, 2.24) is 5.32 Å². The Morgan fingerprint density at radius 1 is 1.35 bits per heavy atom. The van der Waals surface area contributed by atoms with E-state index in [1.54, 1.807) is 0 Å². The molecule has 0 aliphatic carbocycles. The molecule has 0 saturated carbocycles. The van der Waals surface area contributed by atoms with E-state index in [0.29, 0.717) is 13.2 Å². The van der Waals surface area contributed by atoms with E-state index in [1.807, 2.05) is 18.2 Å². The van der Waals surface area contributed by atoms with Crippen molar-refractivity contribution in [3.63, 3.8) is 0 Å². The first kappa shape index (κ1) is 10.7. The second-order valence-electron chi connectivity index (χ2n) is 4.43. The Bertz CT molecular complexity index is 428. The third-order valence-electron chi connectivity index (χ3n) is 3.23. The van der Waals surface area contributed by atoms with Crippen LogP contribution in [0.2, 0.25) is 0 Å². The van der Waals surface area contributed by atoms with Crippen molar-refractivity contribution in [3.05, 3.63) is 35.4 Å². The lowest BCUT2D eigenvalue weighted by Crippen LogP contribution is -2.43. The monoisotopic (exact) mass is 233 g/mol. The molecule has 2 aliphatic heterocycles. The van der Waals surface area contributed by atoms with Crippen molar-refractivity contribution in [3.8, 4) is 0 Å². The van der Waals surface area contributed by atoms with Crippen LogP contribution in [-0.4, -0.2) is 31.8 Å². The quantitative estimate of drug-likeness (QED) is 0.768. The third-order valence-corrected chi connectivity index (χ3v) is 3.23. The molecule has 1 unspecified atom stereocenters. The van der Waals surface area contributed by atoms with Crippen molar-refractivity contribution in [2.45, 2.75) is 18.6 Å². The Hall–Kier alpha value is -1.39. The molecule has 4 heteroatoms. The number of benzene rings is 1. The molecule has 4 nitrogen and oxygen atoms in total. The molecule has 17 heavy (non-hydrogen) atoms. The Morgan fingerprint density at radius 3 is 2.94 bits per heavy atom. The van der Waals surface area contributed by atoms with Crippen LogP contribution in [0.4, 0.5) is 0 Å². The van der Waals surface area contributed by atoms with Gasteiger partial charge in [0.05, 0.1) is 13.2 Å². The number of esters is 1. The molecule has 1 atom stereocenters. The molecule has 1 fully saturated rings. The predicted molar refractivity (Wildman–Crippen MR) is 61.6 cm³/mol. The molecule has 0 radical (unpaired) electrons. The molecule has 0 amide bonds. The van der Waals surface area contributed by atoms with Gasteiger partial charge >= 0.3 is 5.97 Å². The van der Waals surface area contributed by atoms with Gasteiger partial charge in [-0.2, -0.15) is 0 Å². The molecule has 2 aliphatic rings. The Kier molecular flexibility index (Phi) is 2.82. The zero-order valence-corrected chi connectivity index (χ0v) is 9.52.